The van der Waals surface area contributed by atoms with Crippen molar-refractivity contribution in [3.8, 4) is 0 Å². The van der Waals surface area contributed by atoms with Gasteiger partial charge in [0, 0.05) is 12.8 Å². The quantitative estimate of drug-likeness (QED) is 0.0322. The number of rotatable bonds is 44. The molecule has 0 aliphatic rings. The summed E-state index contributed by atoms with van der Waals surface area (Å²) in [6.45, 7) is 6.17. The lowest BCUT2D eigenvalue weighted by Crippen LogP contribution is -2.46. The number of allylic oxidation sites excluding steroid dienone is 15. The summed E-state index contributed by atoms with van der Waals surface area (Å²) in [7, 11) is 0. The minimum atomic E-state index is -0.825. The van der Waals surface area contributed by atoms with Crippen molar-refractivity contribution in [2.24, 2.45) is 0 Å². The molecule has 354 valence electrons. The smallest absolute Gasteiger partial charge is 0.306 e. The van der Waals surface area contributed by atoms with E-state index in [4.69, 9.17) is 4.74 Å². The fourth-order valence-corrected chi connectivity index (χ4v) is 7.28. The van der Waals surface area contributed by atoms with Crippen molar-refractivity contribution in [2.45, 2.75) is 238 Å². The molecule has 0 aliphatic heterocycles. The number of carbonyl (C=O) groups excluding carboxylic acids is 2. The van der Waals surface area contributed by atoms with Crippen LogP contribution in [0.2, 0.25) is 0 Å². The van der Waals surface area contributed by atoms with Crippen LogP contribution in [0.4, 0.5) is 0 Å². The lowest BCUT2D eigenvalue weighted by molar-refractivity contribution is -0.150. The number of ether oxygens (including phenoxy) is 1. The molecule has 0 bridgehead atoms. The number of amides is 1. The van der Waals surface area contributed by atoms with Crippen LogP contribution in [-0.2, 0) is 14.3 Å². The van der Waals surface area contributed by atoms with E-state index in [9.17, 15) is 19.8 Å². The first-order chi connectivity index (χ1) is 30.5. The second-order valence-electron chi connectivity index (χ2n) is 17.0. The van der Waals surface area contributed by atoms with Gasteiger partial charge in [-0.3, -0.25) is 9.59 Å². The van der Waals surface area contributed by atoms with E-state index in [1.165, 1.54) is 116 Å². The number of aliphatic hydroxyl groups excluding tert-OH is 2. The Labute approximate surface area is 382 Å². The Kier molecular flexibility index (Phi) is 46.3. The third-order valence-electron chi connectivity index (χ3n) is 11.1. The molecule has 6 heteroatoms. The summed E-state index contributed by atoms with van der Waals surface area (Å²) >= 11 is 0. The normalized spacial score (nSPS) is 14.1. The highest BCUT2D eigenvalue weighted by atomic mass is 16.5. The molecule has 0 fully saturated rings. The van der Waals surface area contributed by atoms with E-state index in [0.29, 0.717) is 19.3 Å². The highest BCUT2D eigenvalue weighted by Gasteiger charge is 2.23. The Balaban J connectivity index is 4.61. The maximum absolute atomic E-state index is 13.2. The van der Waals surface area contributed by atoms with E-state index in [1.807, 2.05) is 54.7 Å². The molecule has 3 unspecified atom stereocenters. The summed E-state index contributed by atoms with van der Waals surface area (Å²) in [5.41, 5.74) is 0. The van der Waals surface area contributed by atoms with Gasteiger partial charge < -0.3 is 20.3 Å². The van der Waals surface area contributed by atoms with Gasteiger partial charge in [0.05, 0.1) is 25.2 Å². The van der Waals surface area contributed by atoms with Gasteiger partial charge in [-0.05, 0) is 38.5 Å². The van der Waals surface area contributed by atoms with Crippen molar-refractivity contribution in [3.05, 3.63) is 97.2 Å². The molecule has 0 heterocycles. The van der Waals surface area contributed by atoms with Gasteiger partial charge in [-0.15, -0.1) is 0 Å². The van der Waals surface area contributed by atoms with Gasteiger partial charge in [-0.1, -0.05) is 259 Å². The van der Waals surface area contributed by atoms with Gasteiger partial charge in [-0.25, -0.2) is 0 Å². The lowest BCUT2D eigenvalue weighted by atomic mass is 10.0. The Bertz CT molecular complexity index is 1240. The summed E-state index contributed by atoms with van der Waals surface area (Å²) < 4.78 is 5.83. The van der Waals surface area contributed by atoms with E-state index in [2.05, 4.69) is 68.6 Å². The predicted octanol–water partition coefficient (Wildman–Crippen LogP) is 15.3. The lowest BCUT2D eigenvalue weighted by Gasteiger charge is -2.24. The average Bonchev–Trinajstić information content (AvgIpc) is 3.26. The minimum Gasteiger partial charge on any atom is -0.461 e. The monoisotopic (exact) mass is 862 g/mol. The molecule has 3 N–H and O–H groups in total. The van der Waals surface area contributed by atoms with Gasteiger partial charge >= 0.3 is 5.97 Å². The molecular weight excluding hydrogens is 767 g/mol. The Morgan fingerprint density at radius 1 is 0.500 bits per heavy atom. The maximum Gasteiger partial charge on any atom is 0.306 e. The third kappa shape index (κ3) is 43.4. The topological polar surface area (TPSA) is 95.9 Å². The standard InChI is InChI=1S/C56H95NO5/c1-4-7-10-13-16-19-22-24-26-27-29-30-33-36-39-42-45-48-54(59)53(51-58)57-55(60)50-52(47-44-41-38-35-32-21-18-15-12-9-6-3)62-56(61)49-46-43-40-37-34-31-28-25-23-20-17-14-11-8-5-2/h8-9,11-12,14-15,17-18,20-21,23,32,35,38,41,44,52-54,58-59H,4-7,10,13,16,19,22,24-31,33-34,36-37,39-40,42-43,45-51H2,1-3H3,(H,57,60)/b11-8+,12-9+,17-14+,18-15+,23-20+,32-21-,38-35-,44-41+. The predicted molar refractivity (Wildman–Crippen MR) is 268 cm³/mol. The molecule has 0 spiro atoms. The molecule has 0 aromatic heterocycles. The van der Waals surface area contributed by atoms with Crippen LogP contribution in [0.5, 0.6) is 0 Å². The second kappa shape index (κ2) is 48.8. The van der Waals surface area contributed by atoms with Crippen molar-refractivity contribution < 1.29 is 24.5 Å². The summed E-state index contributed by atoms with van der Waals surface area (Å²) in [6.07, 6.45) is 65.0. The second-order valence-corrected chi connectivity index (χ2v) is 17.0. The zero-order chi connectivity index (χ0) is 45.2. The molecule has 0 radical (unpaired) electrons. The number of hydrogen-bond acceptors (Lipinski definition) is 5. The average molecular weight is 862 g/mol. The number of unbranched alkanes of at least 4 members (excludes halogenated alkanes) is 23. The van der Waals surface area contributed by atoms with Crippen LogP contribution in [0, 0.1) is 0 Å². The van der Waals surface area contributed by atoms with Crippen molar-refractivity contribution in [2.75, 3.05) is 6.61 Å². The van der Waals surface area contributed by atoms with Gasteiger partial charge in [0.15, 0.2) is 0 Å². The molecule has 6 nitrogen and oxygen atoms in total. The third-order valence-corrected chi connectivity index (χ3v) is 11.1. The zero-order valence-electron chi connectivity index (χ0n) is 40.2. The van der Waals surface area contributed by atoms with Crippen LogP contribution < -0.4 is 5.32 Å². The Morgan fingerprint density at radius 3 is 1.37 bits per heavy atom. The molecule has 0 aromatic rings. The highest BCUT2D eigenvalue weighted by Crippen LogP contribution is 2.17. The molecule has 0 rings (SSSR count). The van der Waals surface area contributed by atoms with Gasteiger partial charge in [0.25, 0.3) is 0 Å². The SMILES string of the molecule is CC/C=C/C=C/C=C\C=C/C=C/CC(CC(=O)NC(CO)C(O)CCCCCCCCCCCCCCCCCCC)OC(=O)CCCCCCCCC/C=C/C=C/C=C/CC. The molecule has 3 atom stereocenters. The molecule has 0 saturated carbocycles. The summed E-state index contributed by atoms with van der Waals surface area (Å²) in [6, 6.07) is -0.747. The van der Waals surface area contributed by atoms with Crippen LogP contribution in [0.25, 0.3) is 0 Å². The highest BCUT2D eigenvalue weighted by molar-refractivity contribution is 5.77. The van der Waals surface area contributed by atoms with Crippen LogP contribution in [0.3, 0.4) is 0 Å². The van der Waals surface area contributed by atoms with E-state index in [0.717, 1.165) is 57.8 Å². The molecule has 0 saturated heterocycles. The first-order valence-electron chi connectivity index (χ1n) is 25.6. The van der Waals surface area contributed by atoms with Crippen molar-refractivity contribution in [1.29, 1.82) is 0 Å². The largest absolute Gasteiger partial charge is 0.461 e. The number of aliphatic hydroxyl groups is 2. The fraction of sp³-hybridized carbons (Fsp3) is 0.679. The van der Waals surface area contributed by atoms with E-state index >= 15 is 0 Å². The molecule has 1 amide bonds. The van der Waals surface area contributed by atoms with E-state index in [-0.39, 0.29) is 24.9 Å². The zero-order valence-corrected chi connectivity index (χ0v) is 40.2. The van der Waals surface area contributed by atoms with Gasteiger partial charge in [-0.2, -0.15) is 0 Å². The summed E-state index contributed by atoms with van der Waals surface area (Å²) in [5, 5.41) is 23.7. The van der Waals surface area contributed by atoms with Gasteiger partial charge in [0.2, 0.25) is 5.91 Å². The number of carbonyl (C=O) groups is 2. The first kappa shape index (κ1) is 58.8. The van der Waals surface area contributed by atoms with Crippen molar-refractivity contribution in [3.63, 3.8) is 0 Å². The molecule has 62 heavy (non-hydrogen) atoms. The van der Waals surface area contributed by atoms with Crippen LogP contribution in [-0.4, -0.2) is 46.9 Å². The maximum atomic E-state index is 13.2. The van der Waals surface area contributed by atoms with Crippen molar-refractivity contribution >= 4 is 11.9 Å². The Morgan fingerprint density at radius 2 is 0.903 bits per heavy atom. The van der Waals surface area contributed by atoms with Crippen LogP contribution in [0.1, 0.15) is 220 Å². The first-order valence-corrected chi connectivity index (χ1v) is 25.6. The number of nitrogens with one attached hydrogen (secondary N) is 1. The van der Waals surface area contributed by atoms with Gasteiger partial charge in [0.1, 0.15) is 6.10 Å². The molecule has 0 aliphatic carbocycles. The fourth-order valence-electron chi connectivity index (χ4n) is 7.28. The number of esters is 1. The minimum absolute atomic E-state index is 0.0283. The van der Waals surface area contributed by atoms with Crippen LogP contribution >= 0.6 is 0 Å². The van der Waals surface area contributed by atoms with E-state index < -0.39 is 18.2 Å². The molecule has 0 aromatic carbocycles. The van der Waals surface area contributed by atoms with E-state index in [1.54, 1.807) is 0 Å². The number of hydrogen-bond donors (Lipinski definition) is 3. The summed E-state index contributed by atoms with van der Waals surface area (Å²) in [4.78, 5) is 26.0. The molecular formula is C56H95NO5. The van der Waals surface area contributed by atoms with Crippen LogP contribution in [0.15, 0.2) is 97.2 Å². The summed E-state index contributed by atoms with van der Waals surface area (Å²) in [5.74, 6) is -0.627. The van der Waals surface area contributed by atoms with Crippen molar-refractivity contribution in [1.82, 2.24) is 5.32 Å². The Hall–Kier alpha value is -3.22.